The normalized spacial score (nSPS) is 24.1. The number of carbonyl (C=O) groups excluding carboxylic acids is 2. The summed E-state index contributed by atoms with van der Waals surface area (Å²) in [5.74, 6) is 0.525. The first-order valence-corrected chi connectivity index (χ1v) is 8.41. The average Bonchev–Trinajstić information content (AvgIpc) is 2.72. The molecular weight excluding hydrogens is 288 g/mol. The molecule has 4 nitrogen and oxygen atoms in total. The monoisotopic (exact) mass is 312 g/mol. The lowest BCUT2D eigenvalue weighted by Crippen LogP contribution is -2.39. The molecule has 1 aliphatic heterocycles. The molecule has 0 bridgehead atoms. The van der Waals surface area contributed by atoms with Gasteiger partial charge < -0.3 is 9.80 Å². The summed E-state index contributed by atoms with van der Waals surface area (Å²) in [6.45, 7) is 5.01. The first-order chi connectivity index (χ1) is 11.1. The van der Waals surface area contributed by atoms with Gasteiger partial charge in [-0.2, -0.15) is 0 Å². The largest absolute Gasteiger partial charge is 0.310 e. The maximum atomic E-state index is 13.1. The minimum Gasteiger partial charge on any atom is -0.310 e. The number of rotatable bonds is 1. The lowest BCUT2D eigenvalue weighted by Gasteiger charge is -2.29. The topological polar surface area (TPSA) is 40.6 Å². The minimum atomic E-state index is 0.0270. The van der Waals surface area contributed by atoms with Crippen LogP contribution in [0.4, 0.5) is 11.4 Å². The third-order valence-electron chi connectivity index (χ3n) is 4.72. The van der Waals surface area contributed by atoms with E-state index in [1.807, 2.05) is 29.2 Å². The molecule has 0 spiro atoms. The van der Waals surface area contributed by atoms with Crippen LogP contribution in [0.25, 0.3) is 0 Å². The van der Waals surface area contributed by atoms with E-state index in [-0.39, 0.29) is 23.7 Å². The van der Waals surface area contributed by atoms with Crippen molar-refractivity contribution in [1.29, 1.82) is 0 Å². The Balaban J connectivity index is 1.98. The van der Waals surface area contributed by atoms with Crippen molar-refractivity contribution in [2.45, 2.75) is 33.1 Å². The molecule has 1 heterocycles. The molecule has 0 aromatic heterocycles. The smallest absolute Gasteiger partial charge is 0.230 e. The Labute approximate surface area is 137 Å². The van der Waals surface area contributed by atoms with Crippen molar-refractivity contribution in [2.75, 3.05) is 22.9 Å². The van der Waals surface area contributed by atoms with Crippen LogP contribution in [0.3, 0.4) is 0 Å². The summed E-state index contributed by atoms with van der Waals surface area (Å²) in [6.07, 6.45) is 6.98. The lowest BCUT2D eigenvalue weighted by molar-refractivity contribution is -0.122. The number of anilines is 2. The van der Waals surface area contributed by atoms with Crippen molar-refractivity contribution in [3.8, 4) is 0 Å². The van der Waals surface area contributed by atoms with Crippen LogP contribution in [0, 0.1) is 11.8 Å². The van der Waals surface area contributed by atoms with Gasteiger partial charge in [-0.15, -0.1) is 0 Å². The zero-order chi connectivity index (χ0) is 16.4. The van der Waals surface area contributed by atoms with Crippen molar-refractivity contribution in [3.63, 3.8) is 0 Å². The Morgan fingerprint density at radius 1 is 1.04 bits per heavy atom. The summed E-state index contributed by atoms with van der Waals surface area (Å²) in [6, 6.07) is 7.76. The molecule has 1 aromatic rings. The molecule has 1 aromatic carbocycles. The summed E-state index contributed by atoms with van der Waals surface area (Å²) in [5, 5.41) is 0. The fourth-order valence-corrected chi connectivity index (χ4v) is 3.54. The summed E-state index contributed by atoms with van der Waals surface area (Å²) in [4.78, 5) is 28.8. The second kappa shape index (κ2) is 6.57. The summed E-state index contributed by atoms with van der Waals surface area (Å²) >= 11 is 0. The Morgan fingerprint density at radius 3 is 2.30 bits per heavy atom. The molecular formula is C19H24N2O2. The fraction of sp³-hybridized carbons (Fsp3) is 0.474. The van der Waals surface area contributed by atoms with E-state index in [0.717, 1.165) is 30.6 Å². The van der Waals surface area contributed by atoms with E-state index in [0.29, 0.717) is 13.1 Å². The number of carbonyl (C=O) groups is 2. The number of allylic oxidation sites excluding steroid dienone is 2. The predicted molar refractivity (Wildman–Crippen MR) is 92.5 cm³/mol. The molecule has 23 heavy (non-hydrogen) atoms. The third-order valence-corrected chi connectivity index (χ3v) is 4.72. The van der Waals surface area contributed by atoms with Gasteiger partial charge in [-0.1, -0.05) is 31.2 Å². The number of benzene rings is 1. The van der Waals surface area contributed by atoms with Crippen LogP contribution in [0.5, 0.6) is 0 Å². The highest BCUT2D eigenvalue weighted by Gasteiger charge is 2.32. The van der Waals surface area contributed by atoms with Crippen LogP contribution >= 0.6 is 0 Å². The maximum absolute atomic E-state index is 13.1. The molecule has 4 heteroatoms. The summed E-state index contributed by atoms with van der Waals surface area (Å²) in [7, 11) is 0. The minimum absolute atomic E-state index is 0.0270. The standard InChI is InChI=1S/C19H24N2O2/c1-14-12-20(15(2)22)17-10-6-7-11-18(17)21(13-14)19(23)16-8-4-3-5-9-16/h3-4,6-7,10-11,14,16H,5,8-9,12-13H2,1-2H3/t14-,16-/m1/s1. The van der Waals surface area contributed by atoms with E-state index >= 15 is 0 Å². The quantitative estimate of drug-likeness (QED) is 0.746. The van der Waals surface area contributed by atoms with E-state index in [2.05, 4.69) is 19.1 Å². The zero-order valence-corrected chi connectivity index (χ0v) is 13.9. The Bertz CT molecular complexity index is 638. The van der Waals surface area contributed by atoms with E-state index in [1.165, 1.54) is 0 Å². The van der Waals surface area contributed by atoms with Gasteiger partial charge in [0.1, 0.15) is 0 Å². The number of hydrogen-bond acceptors (Lipinski definition) is 2. The first kappa shape index (κ1) is 15.8. The van der Waals surface area contributed by atoms with Crippen LogP contribution in [0.1, 0.15) is 33.1 Å². The van der Waals surface area contributed by atoms with Gasteiger partial charge in [-0.25, -0.2) is 0 Å². The molecule has 0 saturated carbocycles. The zero-order valence-electron chi connectivity index (χ0n) is 13.9. The van der Waals surface area contributed by atoms with Gasteiger partial charge in [0.25, 0.3) is 0 Å². The summed E-state index contributed by atoms with van der Waals surface area (Å²) in [5.41, 5.74) is 1.72. The molecule has 0 saturated heterocycles. The molecule has 1 aliphatic carbocycles. The molecule has 122 valence electrons. The lowest BCUT2D eigenvalue weighted by atomic mass is 9.92. The maximum Gasteiger partial charge on any atom is 0.230 e. The van der Waals surface area contributed by atoms with Crippen LogP contribution < -0.4 is 9.80 Å². The van der Waals surface area contributed by atoms with Crippen LogP contribution in [0.15, 0.2) is 36.4 Å². The molecule has 0 radical (unpaired) electrons. The second-order valence-corrected chi connectivity index (χ2v) is 6.65. The molecule has 0 unspecified atom stereocenters. The van der Waals surface area contributed by atoms with Crippen molar-refractivity contribution >= 4 is 23.2 Å². The van der Waals surface area contributed by atoms with Crippen molar-refractivity contribution < 1.29 is 9.59 Å². The van der Waals surface area contributed by atoms with Gasteiger partial charge in [0.15, 0.2) is 0 Å². The highest BCUT2D eigenvalue weighted by molar-refractivity contribution is 6.03. The number of fused-ring (bicyclic) bond motifs is 1. The van der Waals surface area contributed by atoms with E-state index in [9.17, 15) is 9.59 Å². The molecule has 3 rings (SSSR count). The number of para-hydroxylation sites is 2. The van der Waals surface area contributed by atoms with Crippen molar-refractivity contribution in [3.05, 3.63) is 36.4 Å². The number of hydrogen-bond donors (Lipinski definition) is 0. The van der Waals surface area contributed by atoms with Crippen LogP contribution in [-0.4, -0.2) is 24.9 Å². The molecule has 2 aliphatic rings. The van der Waals surface area contributed by atoms with Gasteiger partial charge in [-0.05, 0) is 37.3 Å². The van der Waals surface area contributed by atoms with Crippen LogP contribution in [0.2, 0.25) is 0 Å². The Morgan fingerprint density at radius 2 is 1.70 bits per heavy atom. The Hall–Kier alpha value is -2.10. The first-order valence-electron chi connectivity index (χ1n) is 8.41. The molecule has 0 N–H and O–H groups in total. The predicted octanol–water partition coefficient (Wildman–Crippen LogP) is 3.38. The van der Waals surface area contributed by atoms with E-state index in [4.69, 9.17) is 0 Å². The Kier molecular flexibility index (Phi) is 4.51. The van der Waals surface area contributed by atoms with Gasteiger partial charge in [-0.3, -0.25) is 9.59 Å². The highest BCUT2D eigenvalue weighted by atomic mass is 16.2. The van der Waals surface area contributed by atoms with E-state index in [1.54, 1.807) is 11.8 Å². The third kappa shape index (κ3) is 3.16. The van der Waals surface area contributed by atoms with Gasteiger partial charge in [0.2, 0.25) is 11.8 Å². The molecule has 2 atom stereocenters. The van der Waals surface area contributed by atoms with Gasteiger partial charge in [0.05, 0.1) is 11.4 Å². The van der Waals surface area contributed by atoms with Crippen molar-refractivity contribution in [2.24, 2.45) is 11.8 Å². The summed E-state index contributed by atoms with van der Waals surface area (Å²) < 4.78 is 0. The van der Waals surface area contributed by atoms with Gasteiger partial charge >= 0.3 is 0 Å². The molecule has 2 amide bonds. The molecule has 0 fully saturated rings. The SMILES string of the molecule is CC(=O)N1C[C@@H](C)CN(C(=O)[C@@H]2CC=CCC2)c2ccccc21. The van der Waals surface area contributed by atoms with E-state index < -0.39 is 0 Å². The average molecular weight is 312 g/mol. The van der Waals surface area contributed by atoms with Crippen molar-refractivity contribution in [1.82, 2.24) is 0 Å². The number of amides is 2. The fourth-order valence-electron chi connectivity index (χ4n) is 3.54. The second-order valence-electron chi connectivity index (χ2n) is 6.65. The van der Waals surface area contributed by atoms with Crippen LogP contribution in [-0.2, 0) is 9.59 Å². The number of nitrogens with zero attached hydrogens (tertiary/aromatic N) is 2. The van der Waals surface area contributed by atoms with Gasteiger partial charge in [0, 0.05) is 25.9 Å². The highest BCUT2D eigenvalue weighted by Crippen LogP contribution is 2.35.